The van der Waals surface area contributed by atoms with Crippen LogP contribution in [-0.4, -0.2) is 37.9 Å². The molecular formula is C17H17F3N2O3S3. The summed E-state index contributed by atoms with van der Waals surface area (Å²) in [5, 5.41) is 1.83. The molecule has 1 aromatic heterocycles. The van der Waals surface area contributed by atoms with Gasteiger partial charge in [0.25, 0.3) is 0 Å². The molecule has 1 N–H and O–H groups in total. The fourth-order valence-electron chi connectivity index (χ4n) is 2.65. The first kappa shape index (κ1) is 21.2. The van der Waals surface area contributed by atoms with Gasteiger partial charge in [0, 0.05) is 22.9 Å². The zero-order valence-corrected chi connectivity index (χ0v) is 17.0. The number of carbonyl (C=O) groups excluding carboxylic acids is 1. The number of thiophene rings is 1. The molecule has 0 aliphatic carbocycles. The standard InChI is InChI=1S/C17H17F3N2O3S3/c18-17(19,20)16(23)21-11-13-5-8-15(27-13)26-12-3-6-14(7-4-12)28(24,25)22-9-1-2-10-22/h3-8H,1-2,9-11H2,(H,21,23). The fourth-order valence-corrected chi connectivity index (χ4v) is 6.26. The van der Waals surface area contributed by atoms with Crippen LogP contribution in [0.3, 0.4) is 0 Å². The lowest BCUT2D eigenvalue weighted by molar-refractivity contribution is -0.173. The topological polar surface area (TPSA) is 66.5 Å². The average Bonchev–Trinajstić information content (AvgIpc) is 3.31. The van der Waals surface area contributed by atoms with Crippen LogP contribution >= 0.6 is 23.1 Å². The van der Waals surface area contributed by atoms with Gasteiger partial charge in [-0.2, -0.15) is 17.5 Å². The number of nitrogens with zero attached hydrogens (tertiary/aromatic N) is 1. The van der Waals surface area contributed by atoms with Crippen LogP contribution < -0.4 is 5.32 Å². The zero-order valence-electron chi connectivity index (χ0n) is 14.5. The summed E-state index contributed by atoms with van der Waals surface area (Å²) >= 11 is 2.64. The van der Waals surface area contributed by atoms with E-state index in [4.69, 9.17) is 0 Å². The van der Waals surface area contributed by atoms with E-state index >= 15 is 0 Å². The van der Waals surface area contributed by atoms with Crippen LogP contribution in [-0.2, 0) is 21.4 Å². The van der Waals surface area contributed by atoms with Crippen LogP contribution in [0.15, 0.2) is 50.4 Å². The van der Waals surface area contributed by atoms with Gasteiger partial charge in [-0.15, -0.1) is 11.3 Å². The summed E-state index contributed by atoms with van der Waals surface area (Å²) in [6.07, 6.45) is -3.15. The molecule has 3 rings (SSSR count). The summed E-state index contributed by atoms with van der Waals surface area (Å²) < 4.78 is 63.9. The predicted molar refractivity (Wildman–Crippen MR) is 101 cm³/mol. The highest BCUT2D eigenvalue weighted by Crippen LogP contribution is 2.34. The molecule has 1 amide bonds. The van der Waals surface area contributed by atoms with Gasteiger partial charge in [0.2, 0.25) is 10.0 Å². The summed E-state index contributed by atoms with van der Waals surface area (Å²) in [6.45, 7) is 0.889. The Morgan fingerprint density at radius 2 is 1.75 bits per heavy atom. The third kappa shape index (κ3) is 5.07. The molecule has 0 saturated carbocycles. The lowest BCUT2D eigenvalue weighted by Crippen LogP contribution is -2.36. The largest absolute Gasteiger partial charge is 0.471 e. The van der Waals surface area contributed by atoms with Crippen LogP contribution in [0.1, 0.15) is 17.7 Å². The average molecular weight is 451 g/mol. The van der Waals surface area contributed by atoms with Gasteiger partial charge in [0.15, 0.2) is 0 Å². The molecule has 11 heteroatoms. The monoisotopic (exact) mass is 450 g/mol. The van der Waals surface area contributed by atoms with E-state index < -0.39 is 22.1 Å². The molecule has 1 fully saturated rings. The van der Waals surface area contributed by atoms with Gasteiger partial charge in [0.1, 0.15) is 0 Å². The first-order chi connectivity index (χ1) is 13.2. The SMILES string of the molecule is O=C(NCc1ccc(Sc2ccc(S(=O)(=O)N3CCCC3)cc2)s1)C(F)(F)F. The first-order valence-electron chi connectivity index (χ1n) is 8.38. The molecule has 1 aliphatic rings. The van der Waals surface area contributed by atoms with Gasteiger partial charge in [-0.3, -0.25) is 4.79 Å². The zero-order chi connectivity index (χ0) is 20.4. The molecule has 0 bridgehead atoms. The van der Waals surface area contributed by atoms with E-state index in [2.05, 4.69) is 0 Å². The van der Waals surface area contributed by atoms with Crippen molar-refractivity contribution >= 4 is 39.0 Å². The highest BCUT2D eigenvalue weighted by Gasteiger charge is 2.38. The van der Waals surface area contributed by atoms with Crippen LogP contribution in [0, 0.1) is 0 Å². The van der Waals surface area contributed by atoms with Crippen LogP contribution in [0.4, 0.5) is 13.2 Å². The van der Waals surface area contributed by atoms with E-state index in [1.54, 1.807) is 36.4 Å². The van der Waals surface area contributed by atoms with Gasteiger partial charge in [-0.1, -0.05) is 11.8 Å². The maximum atomic E-state index is 12.5. The quantitative estimate of drug-likeness (QED) is 0.726. The molecule has 2 aromatic rings. The van der Waals surface area contributed by atoms with Crippen molar-refractivity contribution < 1.29 is 26.4 Å². The van der Waals surface area contributed by atoms with Gasteiger partial charge in [0.05, 0.1) is 15.6 Å². The Labute approximate surface area is 169 Å². The van der Waals surface area contributed by atoms with Crippen molar-refractivity contribution in [2.24, 2.45) is 0 Å². The van der Waals surface area contributed by atoms with Crippen molar-refractivity contribution in [2.75, 3.05) is 13.1 Å². The molecule has 0 spiro atoms. The second kappa shape index (κ2) is 8.44. The van der Waals surface area contributed by atoms with E-state index in [1.165, 1.54) is 27.4 Å². The Morgan fingerprint density at radius 3 is 2.36 bits per heavy atom. The smallest absolute Gasteiger partial charge is 0.343 e. The molecule has 152 valence electrons. The number of halogens is 3. The van der Waals surface area contributed by atoms with Crippen molar-refractivity contribution in [1.29, 1.82) is 0 Å². The summed E-state index contributed by atoms with van der Waals surface area (Å²) in [4.78, 5) is 12.5. The minimum Gasteiger partial charge on any atom is -0.343 e. The fraction of sp³-hybridized carbons (Fsp3) is 0.353. The molecule has 28 heavy (non-hydrogen) atoms. The lowest BCUT2D eigenvalue weighted by Gasteiger charge is -2.15. The molecule has 0 radical (unpaired) electrons. The molecule has 1 saturated heterocycles. The molecule has 1 aromatic carbocycles. The van der Waals surface area contributed by atoms with Crippen molar-refractivity contribution in [3.05, 3.63) is 41.3 Å². The van der Waals surface area contributed by atoms with Crippen LogP contribution in [0.2, 0.25) is 0 Å². The Balaban J connectivity index is 1.60. The Morgan fingerprint density at radius 1 is 1.11 bits per heavy atom. The summed E-state index contributed by atoms with van der Waals surface area (Å²) in [7, 11) is -3.46. The molecule has 2 heterocycles. The highest BCUT2D eigenvalue weighted by molar-refractivity contribution is 8.01. The Bertz CT molecular complexity index is 935. The number of amides is 1. The van der Waals surface area contributed by atoms with Crippen molar-refractivity contribution in [1.82, 2.24) is 9.62 Å². The number of sulfonamides is 1. The number of rotatable bonds is 6. The normalized spacial score (nSPS) is 15.7. The molecule has 1 aliphatic heterocycles. The third-order valence-corrected chi connectivity index (χ3v) is 8.20. The summed E-state index contributed by atoms with van der Waals surface area (Å²) in [5.41, 5.74) is 0. The number of benzene rings is 1. The number of hydrogen-bond donors (Lipinski definition) is 1. The maximum absolute atomic E-state index is 12.5. The van der Waals surface area contributed by atoms with Gasteiger partial charge in [-0.25, -0.2) is 8.42 Å². The van der Waals surface area contributed by atoms with Gasteiger partial charge < -0.3 is 5.32 Å². The maximum Gasteiger partial charge on any atom is 0.471 e. The Kier molecular flexibility index (Phi) is 6.37. The van der Waals surface area contributed by atoms with Crippen LogP contribution in [0.25, 0.3) is 0 Å². The number of alkyl halides is 3. The van der Waals surface area contributed by atoms with Crippen molar-refractivity contribution in [2.45, 2.75) is 39.6 Å². The van der Waals surface area contributed by atoms with E-state index in [-0.39, 0.29) is 11.4 Å². The van der Waals surface area contributed by atoms with Crippen molar-refractivity contribution in [3.63, 3.8) is 0 Å². The third-order valence-electron chi connectivity index (χ3n) is 4.06. The Hall–Kier alpha value is -1.56. The van der Waals surface area contributed by atoms with Crippen molar-refractivity contribution in [3.8, 4) is 0 Å². The minimum absolute atomic E-state index is 0.198. The molecular weight excluding hydrogens is 433 g/mol. The number of nitrogens with one attached hydrogen (secondary N) is 1. The highest BCUT2D eigenvalue weighted by atomic mass is 32.2. The van der Waals surface area contributed by atoms with E-state index in [9.17, 15) is 26.4 Å². The van der Waals surface area contributed by atoms with Gasteiger partial charge >= 0.3 is 12.1 Å². The summed E-state index contributed by atoms with van der Waals surface area (Å²) in [5.74, 6) is -1.97. The number of hydrogen-bond acceptors (Lipinski definition) is 5. The predicted octanol–water partition coefficient (Wildman–Crippen LogP) is 3.86. The molecule has 0 atom stereocenters. The number of carbonyl (C=O) groups is 1. The first-order valence-corrected chi connectivity index (χ1v) is 11.5. The van der Waals surface area contributed by atoms with Gasteiger partial charge in [-0.05, 0) is 49.2 Å². The summed E-state index contributed by atoms with van der Waals surface area (Å²) in [6, 6.07) is 9.94. The van der Waals surface area contributed by atoms with E-state index in [1.807, 2.05) is 5.32 Å². The molecule has 0 unspecified atom stereocenters. The second-order valence-electron chi connectivity index (χ2n) is 6.09. The molecule has 5 nitrogen and oxygen atoms in total. The minimum atomic E-state index is -4.90. The van der Waals surface area contributed by atoms with E-state index in [0.717, 1.165) is 21.9 Å². The second-order valence-corrected chi connectivity index (χ2v) is 10.6. The van der Waals surface area contributed by atoms with E-state index in [0.29, 0.717) is 18.0 Å². The van der Waals surface area contributed by atoms with Crippen LogP contribution in [0.5, 0.6) is 0 Å². The lowest BCUT2D eigenvalue weighted by atomic mass is 10.4.